The van der Waals surface area contributed by atoms with Crippen LogP contribution in [-0.2, 0) is 19.1 Å². The Hall–Kier alpha value is -1.36. The van der Waals surface area contributed by atoms with Crippen molar-refractivity contribution in [3.63, 3.8) is 0 Å². The van der Waals surface area contributed by atoms with E-state index < -0.39 is 23.5 Å². The van der Waals surface area contributed by atoms with Gasteiger partial charge < -0.3 is 14.6 Å². The summed E-state index contributed by atoms with van der Waals surface area (Å²) in [5.41, 5.74) is -1.21. The highest BCUT2D eigenvalue weighted by Crippen LogP contribution is 2.55. The summed E-state index contributed by atoms with van der Waals surface area (Å²) in [6.07, 6.45) is 7.08. The van der Waals surface area contributed by atoms with E-state index in [4.69, 9.17) is 0 Å². The van der Waals surface area contributed by atoms with Crippen molar-refractivity contribution in [2.24, 2.45) is 11.3 Å². The number of aliphatic hydroxyl groups is 1. The van der Waals surface area contributed by atoms with E-state index in [0.29, 0.717) is 12.8 Å². The van der Waals surface area contributed by atoms with Crippen LogP contribution in [0, 0.1) is 11.3 Å². The summed E-state index contributed by atoms with van der Waals surface area (Å²) in [4.78, 5) is 23.5. The standard InChI is InChI=1S/C15H24O5/c1-4-5-6-7-12(16)9-8-11-10-15(11,13(17)19-2)14(18)20-3/h8-9,11-12,16H,4-7,10H2,1-3H3. The van der Waals surface area contributed by atoms with Gasteiger partial charge in [0.15, 0.2) is 5.41 Å². The van der Waals surface area contributed by atoms with Gasteiger partial charge in [-0.25, -0.2) is 0 Å². The molecule has 114 valence electrons. The molecular formula is C15H24O5. The molecule has 2 unspecified atom stereocenters. The van der Waals surface area contributed by atoms with Gasteiger partial charge in [-0.3, -0.25) is 9.59 Å². The van der Waals surface area contributed by atoms with E-state index in [9.17, 15) is 14.7 Å². The van der Waals surface area contributed by atoms with Crippen LogP contribution < -0.4 is 0 Å². The van der Waals surface area contributed by atoms with Crippen molar-refractivity contribution >= 4 is 11.9 Å². The van der Waals surface area contributed by atoms with Gasteiger partial charge in [0.05, 0.1) is 20.3 Å². The van der Waals surface area contributed by atoms with E-state index in [1.54, 1.807) is 12.2 Å². The Labute approximate surface area is 119 Å². The molecule has 0 aliphatic heterocycles. The maximum absolute atomic E-state index is 11.7. The van der Waals surface area contributed by atoms with E-state index in [-0.39, 0.29) is 5.92 Å². The first-order valence-corrected chi connectivity index (χ1v) is 7.06. The first kappa shape index (κ1) is 16.7. The average Bonchev–Trinajstić information content (AvgIpc) is 3.19. The molecule has 5 nitrogen and oxygen atoms in total. The highest BCUT2D eigenvalue weighted by Gasteiger charge is 2.66. The number of hydrogen-bond acceptors (Lipinski definition) is 5. The predicted octanol–water partition coefficient (Wildman–Crippen LogP) is 1.84. The fourth-order valence-electron chi connectivity index (χ4n) is 2.40. The molecule has 1 aliphatic rings. The number of hydrogen-bond donors (Lipinski definition) is 1. The number of carbonyl (C=O) groups excluding carboxylic acids is 2. The number of unbranched alkanes of at least 4 members (excludes halogenated alkanes) is 2. The number of carbonyl (C=O) groups is 2. The molecule has 0 saturated heterocycles. The summed E-state index contributed by atoms with van der Waals surface area (Å²) < 4.78 is 9.36. The fraction of sp³-hybridized carbons (Fsp3) is 0.733. The SMILES string of the molecule is CCCCCC(O)C=CC1CC1(C(=O)OC)C(=O)OC. The van der Waals surface area contributed by atoms with E-state index >= 15 is 0 Å². The molecule has 1 N–H and O–H groups in total. The molecule has 0 aromatic heterocycles. The van der Waals surface area contributed by atoms with Crippen LogP contribution >= 0.6 is 0 Å². The normalized spacial score (nSPS) is 21.5. The minimum Gasteiger partial charge on any atom is -0.468 e. The zero-order valence-electron chi connectivity index (χ0n) is 12.4. The molecule has 0 spiro atoms. The number of aliphatic hydroxyl groups excluding tert-OH is 1. The summed E-state index contributed by atoms with van der Waals surface area (Å²) in [5.74, 6) is -1.39. The second kappa shape index (κ2) is 7.43. The zero-order chi connectivity index (χ0) is 15.2. The summed E-state index contributed by atoms with van der Waals surface area (Å²) in [7, 11) is 2.51. The third-order valence-corrected chi connectivity index (χ3v) is 3.78. The highest BCUT2D eigenvalue weighted by atomic mass is 16.5. The molecule has 20 heavy (non-hydrogen) atoms. The maximum Gasteiger partial charge on any atom is 0.323 e. The van der Waals surface area contributed by atoms with E-state index in [2.05, 4.69) is 16.4 Å². The number of esters is 2. The van der Waals surface area contributed by atoms with Crippen molar-refractivity contribution in [2.75, 3.05) is 14.2 Å². The Kier molecular flexibility index (Phi) is 6.20. The molecule has 1 rings (SSSR count). The van der Waals surface area contributed by atoms with Crippen molar-refractivity contribution in [2.45, 2.75) is 45.1 Å². The third kappa shape index (κ3) is 3.60. The van der Waals surface area contributed by atoms with Gasteiger partial charge >= 0.3 is 11.9 Å². The number of ether oxygens (including phenoxy) is 2. The fourth-order valence-corrected chi connectivity index (χ4v) is 2.40. The van der Waals surface area contributed by atoms with Crippen LogP contribution in [0.5, 0.6) is 0 Å². The topological polar surface area (TPSA) is 72.8 Å². The van der Waals surface area contributed by atoms with Crippen molar-refractivity contribution in [1.82, 2.24) is 0 Å². The van der Waals surface area contributed by atoms with Crippen LogP contribution in [0.15, 0.2) is 12.2 Å². The van der Waals surface area contributed by atoms with Crippen LogP contribution in [-0.4, -0.2) is 37.4 Å². The van der Waals surface area contributed by atoms with Crippen molar-refractivity contribution < 1.29 is 24.2 Å². The van der Waals surface area contributed by atoms with Crippen LogP contribution in [0.2, 0.25) is 0 Å². The summed E-state index contributed by atoms with van der Waals surface area (Å²) in [6, 6.07) is 0. The van der Waals surface area contributed by atoms with Crippen LogP contribution in [0.1, 0.15) is 39.0 Å². The van der Waals surface area contributed by atoms with Crippen molar-refractivity contribution in [3.8, 4) is 0 Å². The molecule has 2 atom stereocenters. The summed E-state index contributed by atoms with van der Waals surface area (Å²) in [6.45, 7) is 2.10. The zero-order valence-corrected chi connectivity index (χ0v) is 12.4. The van der Waals surface area contributed by atoms with Crippen molar-refractivity contribution in [3.05, 3.63) is 12.2 Å². The summed E-state index contributed by atoms with van der Waals surface area (Å²) in [5, 5.41) is 9.80. The number of methoxy groups -OCH3 is 2. The van der Waals surface area contributed by atoms with E-state index in [0.717, 1.165) is 19.3 Å². The quantitative estimate of drug-likeness (QED) is 0.319. The lowest BCUT2D eigenvalue weighted by molar-refractivity contribution is -0.161. The first-order chi connectivity index (χ1) is 9.52. The molecular weight excluding hydrogens is 260 g/mol. The van der Waals surface area contributed by atoms with Gasteiger partial charge in [-0.2, -0.15) is 0 Å². The largest absolute Gasteiger partial charge is 0.468 e. The minimum absolute atomic E-state index is 0.247. The lowest BCUT2D eigenvalue weighted by Gasteiger charge is -2.11. The molecule has 1 fully saturated rings. The lowest BCUT2D eigenvalue weighted by atomic mass is 10.0. The van der Waals surface area contributed by atoms with Crippen LogP contribution in [0.4, 0.5) is 0 Å². The molecule has 0 radical (unpaired) electrons. The second-order valence-corrected chi connectivity index (χ2v) is 5.21. The molecule has 0 amide bonds. The van der Waals surface area contributed by atoms with Gasteiger partial charge in [0.2, 0.25) is 0 Å². The van der Waals surface area contributed by atoms with E-state index in [1.165, 1.54) is 14.2 Å². The molecule has 0 aromatic carbocycles. The van der Waals surface area contributed by atoms with Gasteiger partial charge in [-0.1, -0.05) is 38.3 Å². The van der Waals surface area contributed by atoms with Gasteiger partial charge in [0, 0.05) is 5.92 Å². The highest BCUT2D eigenvalue weighted by molar-refractivity contribution is 6.04. The molecule has 1 saturated carbocycles. The van der Waals surface area contributed by atoms with Crippen LogP contribution in [0.3, 0.4) is 0 Å². The Morgan fingerprint density at radius 3 is 2.40 bits per heavy atom. The minimum atomic E-state index is -1.21. The van der Waals surface area contributed by atoms with Gasteiger partial charge in [-0.15, -0.1) is 0 Å². The Bertz CT molecular complexity index is 358. The maximum atomic E-state index is 11.7. The first-order valence-electron chi connectivity index (χ1n) is 7.06. The van der Waals surface area contributed by atoms with E-state index in [1.807, 2.05) is 0 Å². The van der Waals surface area contributed by atoms with Crippen molar-refractivity contribution in [1.29, 1.82) is 0 Å². The third-order valence-electron chi connectivity index (χ3n) is 3.78. The molecule has 5 heteroatoms. The summed E-state index contributed by atoms with van der Waals surface area (Å²) >= 11 is 0. The molecule has 0 aromatic rings. The van der Waals surface area contributed by atoms with Gasteiger partial charge in [0.25, 0.3) is 0 Å². The molecule has 0 bridgehead atoms. The van der Waals surface area contributed by atoms with Gasteiger partial charge in [0.1, 0.15) is 0 Å². The Balaban J connectivity index is 2.57. The Morgan fingerprint density at radius 1 is 1.30 bits per heavy atom. The van der Waals surface area contributed by atoms with Gasteiger partial charge in [-0.05, 0) is 12.8 Å². The number of rotatable bonds is 8. The monoisotopic (exact) mass is 284 g/mol. The Morgan fingerprint density at radius 2 is 1.90 bits per heavy atom. The second-order valence-electron chi connectivity index (χ2n) is 5.21. The molecule has 1 aliphatic carbocycles. The number of allylic oxidation sites excluding steroid dienone is 1. The molecule has 0 heterocycles. The average molecular weight is 284 g/mol. The smallest absolute Gasteiger partial charge is 0.323 e. The van der Waals surface area contributed by atoms with Crippen LogP contribution in [0.25, 0.3) is 0 Å². The predicted molar refractivity (Wildman–Crippen MR) is 73.9 cm³/mol. The lowest BCUT2D eigenvalue weighted by Crippen LogP contribution is -2.30.